The van der Waals surface area contributed by atoms with Crippen molar-refractivity contribution in [1.82, 2.24) is 4.98 Å². The minimum absolute atomic E-state index is 0.0341. The fourth-order valence-corrected chi connectivity index (χ4v) is 1.26. The number of halogens is 5. The van der Waals surface area contributed by atoms with E-state index in [1.807, 2.05) is 0 Å². The van der Waals surface area contributed by atoms with E-state index in [2.05, 4.69) is 4.98 Å². The second-order valence-corrected chi connectivity index (χ2v) is 3.27. The van der Waals surface area contributed by atoms with Crippen LogP contribution in [0.2, 0.25) is 10.2 Å². The third-order valence-corrected chi connectivity index (χ3v) is 1.99. The largest absolute Gasteiger partial charge is 0.418 e. The molecule has 0 spiro atoms. The molecule has 0 radical (unpaired) electrons. The Labute approximate surface area is 87.3 Å². The fraction of sp³-hybridized carbons (Fsp3) is 0.286. The van der Waals surface area contributed by atoms with E-state index in [1.165, 1.54) is 0 Å². The average molecular weight is 246 g/mol. The van der Waals surface area contributed by atoms with Crippen molar-refractivity contribution in [3.63, 3.8) is 0 Å². The average Bonchev–Trinajstić information content (AvgIpc) is 2.01. The maximum absolute atomic E-state index is 12.0. The Morgan fingerprint density at radius 2 is 1.93 bits per heavy atom. The molecule has 14 heavy (non-hydrogen) atoms. The topological polar surface area (TPSA) is 33.1 Å². The quantitative estimate of drug-likeness (QED) is 0.772. The highest BCUT2D eigenvalue weighted by Gasteiger charge is 2.40. The van der Waals surface area contributed by atoms with Gasteiger partial charge in [-0.2, -0.15) is 13.2 Å². The lowest BCUT2D eigenvalue weighted by Crippen LogP contribution is -2.20. The summed E-state index contributed by atoms with van der Waals surface area (Å²) in [6.07, 6.45) is -6.61. The number of rotatable bonds is 1. The van der Waals surface area contributed by atoms with Crippen LogP contribution in [-0.4, -0.2) is 16.3 Å². The molecule has 0 bridgehead atoms. The van der Waals surface area contributed by atoms with Crippen LogP contribution in [0.25, 0.3) is 0 Å². The molecule has 0 fully saturated rings. The van der Waals surface area contributed by atoms with Crippen LogP contribution in [0.15, 0.2) is 12.3 Å². The van der Waals surface area contributed by atoms with Gasteiger partial charge in [-0.1, -0.05) is 23.2 Å². The number of aromatic nitrogens is 1. The van der Waals surface area contributed by atoms with Crippen molar-refractivity contribution < 1.29 is 18.3 Å². The van der Waals surface area contributed by atoms with Gasteiger partial charge in [0.15, 0.2) is 6.10 Å². The number of aliphatic hydroxyl groups is 1. The molecular formula is C7H4Cl2F3NO. The monoisotopic (exact) mass is 245 g/mol. The molecule has 0 aromatic carbocycles. The van der Waals surface area contributed by atoms with Crippen molar-refractivity contribution in [1.29, 1.82) is 0 Å². The summed E-state index contributed by atoms with van der Waals surface area (Å²) in [6.45, 7) is 0. The highest BCUT2D eigenvalue weighted by molar-refractivity contribution is 6.34. The molecule has 78 valence electrons. The highest BCUT2D eigenvalue weighted by Crippen LogP contribution is 2.35. The molecule has 0 aliphatic heterocycles. The summed E-state index contributed by atoms with van der Waals surface area (Å²) in [5.41, 5.74) is -0.511. The van der Waals surface area contributed by atoms with Crippen molar-refractivity contribution in [2.45, 2.75) is 12.3 Å². The van der Waals surface area contributed by atoms with Crippen molar-refractivity contribution in [2.75, 3.05) is 0 Å². The van der Waals surface area contributed by atoms with Gasteiger partial charge in [0, 0.05) is 11.8 Å². The molecule has 2 nitrogen and oxygen atoms in total. The number of alkyl halides is 3. The van der Waals surface area contributed by atoms with Crippen LogP contribution in [0.3, 0.4) is 0 Å². The molecule has 7 heteroatoms. The van der Waals surface area contributed by atoms with Crippen LogP contribution in [0.5, 0.6) is 0 Å². The third-order valence-electron chi connectivity index (χ3n) is 1.45. The van der Waals surface area contributed by atoms with Gasteiger partial charge < -0.3 is 5.11 Å². The summed E-state index contributed by atoms with van der Waals surface area (Å²) in [4.78, 5) is 3.40. The SMILES string of the molecule is OC(c1cnc(Cl)cc1Cl)C(F)(F)F. The Balaban J connectivity index is 3.08. The molecule has 1 atom stereocenters. The van der Waals surface area contributed by atoms with Crippen LogP contribution < -0.4 is 0 Å². The first-order valence-electron chi connectivity index (χ1n) is 3.38. The summed E-state index contributed by atoms with van der Waals surface area (Å²) in [7, 11) is 0. The number of hydrogen-bond acceptors (Lipinski definition) is 2. The van der Waals surface area contributed by atoms with Crippen molar-refractivity contribution in [2.24, 2.45) is 0 Å². The van der Waals surface area contributed by atoms with Gasteiger partial charge in [-0.15, -0.1) is 0 Å². The number of aliphatic hydroxyl groups excluding tert-OH is 1. The zero-order valence-electron chi connectivity index (χ0n) is 6.52. The van der Waals surface area contributed by atoms with Crippen molar-refractivity contribution >= 4 is 23.2 Å². The van der Waals surface area contributed by atoms with Gasteiger partial charge in [0.2, 0.25) is 0 Å². The zero-order valence-corrected chi connectivity index (χ0v) is 8.03. The van der Waals surface area contributed by atoms with Gasteiger partial charge in [-0.25, -0.2) is 4.98 Å². The minimum Gasteiger partial charge on any atom is -0.379 e. The third kappa shape index (κ3) is 2.50. The zero-order chi connectivity index (χ0) is 10.9. The Morgan fingerprint density at radius 3 is 2.36 bits per heavy atom. The summed E-state index contributed by atoms with van der Waals surface area (Å²) < 4.78 is 36.1. The molecule has 1 aromatic heterocycles. The van der Waals surface area contributed by atoms with Gasteiger partial charge in [0.05, 0.1) is 5.02 Å². The van der Waals surface area contributed by atoms with E-state index < -0.39 is 17.8 Å². The molecule has 1 aromatic rings. The molecule has 0 aliphatic rings. The predicted molar refractivity (Wildman–Crippen MR) is 45.3 cm³/mol. The van der Waals surface area contributed by atoms with Crippen molar-refractivity contribution in [3.8, 4) is 0 Å². The first kappa shape index (κ1) is 11.6. The summed E-state index contributed by atoms with van der Waals surface area (Å²) in [5, 5.41) is 8.53. The Kier molecular flexibility index (Phi) is 3.24. The first-order valence-corrected chi connectivity index (χ1v) is 4.13. The van der Waals surface area contributed by atoms with Crippen LogP contribution in [0.1, 0.15) is 11.7 Å². The van der Waals surface area contributed by atoms with Crippen molar-refractivity contribution in [3.05, 3.63) is 28.0 Å². The van der Waals surface area contributed by atoms with Gasteiger partial charge in [0.1, 0.15) is 5.15 Å². The van der Waals surface area contributed by atoms with E-state index in [0.29, 0.717) is 0 Å². The second-order valence-electron chi connectivity index (χ2n) is 2.47. The lowest BCUT2D eigenvalue weighted by Gasteiger charge is -2.15. The molecule has 1 unspecified atom stereocenters. The maximum atomic E-state index is 12.0. The summed E-state index contributed by atoms with van der Waals surface area (Å²) in [6, 6.07) is 1.04. The summed E-state index contributed by atoms with van der Waals surface area (Å²) in [5.74, 6) is 0. The smallest absolute Gasteiger partial charge is 0.379 e. The number of hydrogen-bond donors (Lipinski definition) is 1. The Morgan fingerprint density at radius 1 is 1.36 bits per heavy atom. The maximum Gasteiger partial charge on any atom is 0.418 e. The van der Waals surface area contributed by atoms with E-state index in [9.17, 15) is 13.2 Å². The Bertz CT molecular complexity index is 342. The summed E-state index contributed by atoms with van der Waals surface area (Å²) >= 11 is 10.8. The van der Waals surface area contributed by atoms with Gasteiger partial charge in [-0.05, 0) is 6.07 Å². The second kappa shape index (κ2) is 3.92. The molecule has 0 aliphatic carbocycles. The predicted octanol–water partition coefficient (Wildman–Crippen LogP) is 2.98. The molecule has 0 saturated heterocycles. The number of pyridine rings is 1. The van der Waals surface area contributed by atoms with Gasteiger partial charge in [-0.3, -0.25) is 0 Å². The van der Waals surface area contributed by atoms with E-state index in [4.69, 9.17) is 28.3 Å². The van der Waals surface area contributed by atoms with E-state index in [1.54, 1.807) is 0 Å². The molecule has 0 saturated carbocycles. The number of nitrogens with zero attached hydrogens (tertiary/aromatic N) is 1. The molecule has 1 heterocycles. The lowest BCUT2D eigenvalue weighted by atomic mass is 10.1. The van der Waals surface area contributed by atoms with Crippen LogP contribution >= 0.6 is 23.2 Å². The Hall–Kier alpha value is -0.520. The van der Waals surface area contributed by atoms with E-state index in [-0.39, 0.29) is 10.2 Å². The minimum atomic E-state index is -4.76. The van der Waals surface area contributed by atoms with E-state index in [0.717, 1.165) is 12.3 Å². The normalized spacial score (nSPS) is 14.1. The van der Waals surface area contributed by atoms with Crippen LogP contribution in [0.4, 0.5) is 13.2 Å². The van der Waals surface area contributed by atoms with Crippen LogP contribution in [0, 0.1) is 0 Å². The lowest BCUT2D eigenvalue weighted by molar-refractivity contribution is -0.206. The molecule has 1 rings (SSSR count). The molecule has 0 amide bonds. The standard InChI is InChI=1S/C7H4Cl2F3NO/c8-4-1-5(9)13-2-3(4)6(14)7(10,11)12/h1-2,6,14H. The van der Waals surface area contributed by atoms with Gasteiger partial charge in [0.25, 0.3) is 0 Å². The highest BCUT2D eigenvalue weighted by atomic mass is 35.5. The first-order chi connectivity index (χ1) is 6.32. The molecular weight excluding hydrogens is 242 g/mol. The van der Waals surface area contributed by atoms with Gasteiger partial charge >= 0.3 is 6.18 Å². The van der Waals surface area contributed by atoms with E-state index >= 15 is 0 Å². The van der Waals surface area contributed by atoms with Crippen LogP contribution in [-0.2, 0) is 0 Å². The molecule has 1 N–H and O–H groups in total. The fourth-order valence-electron chi connectivity index (χ4n) is 0.796.